The van der Waals surface area contributed by atoms with Gasteiger partial charge in [-0.2, -0.15) is 0 Å². The Balaban J connectivity index is 0.00000312. The van der Waals surface area contributed by atoms with Gasteiger partial charge in [0.1, 0.15) is 5.75 Å². The lowest BCUT2D eigenvalue weighted by molar-refractivity contribution is -0.117. The van der Waals surface area contributed by atoms with Crippen LogP contribution in [-0.4, -0.2) is 32.0 Å². The van der Waals surface area contributed by atoms with Gasteiger partial charge in [0.25, 0.3) is 0 Å². The molecule has 2 rings (SSSR count). The Labute approximate surface area is 155 Å². The molecule has 1 aromatic carbocycles. The molecule has 1 aliphatic rings. The van der Waals surface area contributed by atoms with Gasteiger partial charge >= 0.3 is 0 Å². The number of nitrogens with one attached hydrogen (secondary N) is 3. The van der Waals surface area contributed by atoms with Gasteiger partial charge in [-0.1, -0.05) is 6.92 Å². The molecule has 1 atom stereocenters. The van der Waals surface area contributed by atoms with E-state index in [1.807, 2.05) is 0 Å². The van der Waals surface area contributed by atoms with Gasteiger partial charge in [0.05, 0.1) is 12.8 Å². The zero-order valence-corrected chi connectivity index (χ0v) is 15.9. The monoisotopic (exact) mass is 369 g/mol. The van der Waals surface area contributed by atoms with Gasteiger partial charge in [0.15, 0.2) is 0 Å². The molecule has 0 bridgehead atoms. The number of rotatable bonds is 6. The molecule has 1 saturated heterocycles. The second-order valence-corrected chi connectivity index (χ2v) is 6.41. The molecule has 6 nitrogen and oxygen atoms in total. The fourth-order valence-corrected chi connectivity index (χ4v) is 3.15. The molecule has 1 fully saturated rings. The second-order valence-electron chi connectivity index (χ2n) is 6.41. The first-order valence-corrected chi connectivity index (χ1v) is 8.45. The van der Waals surface area contributed by atoms with E-state index in [0.29, 0.717) is 35.4 Å². The predicted octanol–water partition coefficient (Wildman–Crippen LogP) is 3.04. The van der Waals surface area contributed by atoms with E-state index >= 15 is 0 Å². The second kappa shape index (κ2) is 10.3. The molecule has 0 radical (unpaired) electrons. The Bertz CT molecular complexity index is 589. The van der Waals surface area contributed by atoms with Crippen LogP contribution in [0.4, 0.5) is 11.4 Å². The van der Waals surface area contributed by atoms with E-state index < -0.39 is 0 Å². The summed E-state index contributed by atoms with van der Waals surface area (Å²) in [6.07, 6.45) is 2.78. The van der Waals surface area contributed by atoms with Crippen molar-refractivity contribution in [2.45, 2.75) is 33.1 Å². The van der Waals surface area contributed by atoms with Gasteiger partial charge in [-0.3, -0.25) is 9.59 Å². The van der Waals surface area contributed by atoms with Crippen molar-refractivity contribution in [3.05, 3.63) is 18.2 Å². The van der Waals surface area contributed by atoms with E-state index in [1.54, 1.807) is 18.2 Å². The predicted molar refractivity (Wildman–Crippen MR) is 103 cm³/mol. The fraction of sp³-hybridized carbons (Fsp3) is 0.556. The molecule has 0 aromatic heterocycles. The van der Waals surface area contributed by atoms with Gasteiger partial charge in [-0.25, -0.2) is 0 Å². The molecule has 1 unspecified atom stereocenters. The van der Waals surface area contributed by atoms with E-state index in [4.69, 9.17) is 4.74 Å². The van der Waals surface area contributed by atoms with Crippen molar-refractivity contribution in [1.29, 1.82) is 0 Å². The normalized spacial score (nSPS) is 15.6. The van der Waals surface area contributed by atoms with Crippen LogP contribution in [0, 0.1) is 11.8 Å². The van der Waals surface area contributed by atoms with Crippen LogP contribution in [0.1, 0.15) is 33.1 Å². The molecule has 3 N–H and O–H groups in total. The van der Waals surface area contributed by atoms with Crippen LogP contribution in [0.25, 0.3) is 0 Å². The molecule has 1 aliphatic heterocycles. The maximum Gasteiger partial charge on any atom is 0.224 e. The minimum Gasteiger partial charge on any atom is -0.494 e. The molecule has 140 valence electrons. The SMILES string of the molecule is COc1cc(NC(=O)CC(C)C2CCNCC2)ccc1NC(C)=O.Cl. The van der Waals surface area contributed by atoms with Crippen molar-refractivity contribution in [3.8, 4) is 5.75 Å². The van der Waals surface area contributed by atoms with E-state index in [1.165, 1.54) is 14.0 Å². The maximum absolute atomic E-state index is 12.3. The summed E-state index contributed by atoms with van der Waals surface area (Å²) in [5.41, 5.74) is 1.26. The summed E-state index contributed by atoms with van der Waals surface area (Å²) in [5, 5.41) is 8.97. The number of anilines is 2. The Morgan fingerprint density at radius 3 is 2.56 bits per heavy atom. The average molecular weight is 370 g/mol. The highest BCUT2D eigenvalue weighted by atomic mass is 35.5. The summed E-state index contributed by atoms with van der Waals surface area (Å²) in [7, 11) is 1.53. The van der Waals surface area contributed by atoms with Crippen molar-refractivity contribution >= 4 is 35.6 Å². The number of methoxy groups -OCH3 is 1. The highest BCUT2D eigenvalue weighted by molar-refractivity contribution is 5.93. The van der Waals surface area contributed by atoms with Gasteiger partial charge in [0, 0.05) is 25.1 Å². The van der Waals surface area contributed by atoms with Crippen LogP contribution in [-0.2, 0) is 9.59 Å². The minimum atomic E-state index is -0.166. The topological polar surface area (TPSA) is 79.5 Å². The fourth-order valence-electron chi connectivity index (χ4n) is 3.15. The molecular weight excluding hydrogens is 342 g/mol. The molecule has 2 amide bonds. The van der Waals surface area contributed by atoms with Gasteiger partial charge < -0.3 is 20.7 Å². The zero-order chi connectivity index (χ0) is 17.5. The van der Waals surface area contributed by atoms with Gasteiger partial charge in [-0.05, 0) is 49.9 Å². The molecule has 0 spiro atoms. The number of halogens is 1. The van der Waals surface area contributed by atoms with E-state index in [9.17, 15) is 9.59 Å². The molecular formula is C18H28ClN3O3. The Morgan fingerprint density at radius 2 is 1.96 bits per heavy atom. The van der Waals surface area contributed by atoms with E-state index in [-0.39, 0.29) is 24.2 Å². The zero-order valence-electron chi connectivity index (χ0n) is 15.1. The van der Waals surface area contributed by atoms with Crippen LogP contribution >= 0.6 is 12.4 Å². The minimum absolute atomic E-state index is 0. The largest absolute Gasteiger partial charge is 0.494 e. The molecule has 0 saturated carbocycles. The molecule has 1 heterocycles. The number of hydrogen-bond acceptors (Lipinski definition) is 4. The van der Waals surface area contributed by atoms with Crippen molar-refractivity contribution in [3.63, 3.8) is 0 Å². The van der Waals surface area contributed by atoms with Crippen molar-refractivity contribution < 1.29 is 14.3 Å². The van der Waals surface area contributed by atoms with Crippen LogP contribution in [0.2, 0.25) is 0 Å². The summed E-state index contributed by atoms with van der Waals surface area (Å²) in [6, 6.07) is 5.21. The number of carbonyl (C=O) groups excluding carboxylic acids is 2. The molecule has 7 heteroatoms. The van der Waals surface area contributed by atoms with Crippen molar-refractivity contribution in [1.82, 2.24) is 5.32 Å². The summed E-state index contributed by atoms with van der Waals surface area (Å²) in [5.74, 6) is 1.34. The summed E-state index contributed by atoms with van der Waals surface area (Å²) in [4.78, 5) is 23.5. The average Bonchev–Trinajstić information content (AvgIpc) is 2.56. The number of carbonyl (C=O) groups is 2. The number of piperidine rings is 1. The summed E-state index contributed by atoms with van der Waals surface area (Å²) < 4.78 is 5.27. The quantitative estimate of drug-likeness (QED) is 0.720. The highest BCUT2D eigenvalue weighted by Crippen LogP contribution is 2.29. The summed E-state index contributed by atoms with van der Waals surface area (Å²) in [6.45, 7) is 5.67. The number of amides is 2. The lowest BCUT2D eigenvalue weighted by Crippen LogP contribution is -2.32. The van der Waals surface area contributed by atoms with E-state index in [2.05, 4.69) is 22.9 Å². The third kappa shape index (κ3) is 6.55. The van der Waals surface area contributed by atoms with Crippen LogP contribution in [0.3, 0.4) is 0 Å². The number of hydrogen-bond donors (Lipinski definition) is 3. The first kappa shape index (κ1) is 21.3. The van der Waals surface area contributed by atoms with Crippen molar-refractivity contribution in [2.75, 3.05) is 30.8 Å². The molecule has 0 aliphatic carbocycles. The Hall–Kier alpha value is -1.79. The first-order chi connectivity index (χ1) is 11.5. The van der Waals surface area contributed by atoms with Gasteiger partial charge in [-0.15, -0.1) is 12.4 Å². The molecule has 25 heavy (non-hydrogen) atoms. The van der Waals surface area contributed by atoms with Crippen LogP contribution in [0.15, 0.2) is 18.2 Å². The first-order valence-electron chi connectivity index (χ1n) is 8.45. The third-order valence-corrected chi connectivity index (χ3v) is 4.49. The smallest absolute Gasteiger partial charge is 0.224 e. The maximum atomic E-state index is 12.3. The Morgan fingerprint density at radius 1 is 1.28 bits per heavy atom. The summed E-state index contributed by atoms with van der Waals surface area (Å²) >= 11 is 0. The van der Waals surface area contributed by atoms with Gasteiger partial charge in [0.2, 0.25) is 11.8 Å². The van der Waals surface area contributed by atoms with Crippen LogP contribution in [0.5, 0.6) is 5.75 Å². The molecule has 1 aromatic rings. The standard InChI is InChI=1S/C18H27N3O3.ClH/c1-12(14-6-8-19-9-7-14)10-18(23)21-15-4-5-16(20-13(2)22)17(11-15)24-3;/h4-5,11-12,14,19H,6-10H2,1-3H3,(H,20,22)(H,21,23);1H. The highest BCUT2D eigenvalue weighted by Gasteiger charge is 2.22. The third-order valence-electron chi connectivity index (χ3n) is 4.49. The number of ether oxygens (including phenoxy) is 1. The van der Waals surface area contributed by atoms with Crippen LogP contribution < -0.4 is 20.7 Å². The van der Waals surface area contributed by atoms with E-state index in [0.717, 1.165) is 25.9 Å². The number of benzene rings is 1. The Kier molecular flexibility index (Phi) is 8.72. The lowest BCUT2D eigenvalue weighted by Gasteiger charge is -2.27. The lowest BCUT2D eigenvalue weighted by atomic mass is 9.84. The van der Waals surface area contributed by atoms with Crippen molar-refractivity contribution in [2.24, 2.45) is 11.8 Å².